The molecule has 4 N–H and O–H groups in total. The van der Waals surface area contributed by atoms with Gasteiger partial charge in [-0.25, -0.2) is 4.90 Å². The molecule has 2 fully saturated rings. The number of carbonyl (C=O) groups excluding carboxylic acids is 3. The SMILES string of the molecule is Cc1ccc(N2C(=O)[C@@H]3[C@@H]([C@@H](C)O)[NH2+][C@]4(C(=O)Nc5ccccc54)[C@@H]3C2=O)cc1. The van der Waals surface area contributed by atoms with Crippen LogP contribution in [0.1, 0.15) is 18.1 Å². The third-order valence-corrected chi connectivity index (χ3v) is 6.56. The van der Waals surface area contributed by atoms with Crippen LogP contribution in [-0.4, -0.2) is 35.0 Å². The number of anilines is 2. The maximum atomic E-state index is 13.6. The van der Waals surface area contributed by atoms with Crippen molar-refractivity contribution in [1.82, 2.24) is 0 Å². The first-order chi connectivity index (χ1) is 13.9. The van der Waals surface area contributed by atoms with Crippen molar-refractivity contribution in [1.29, 1.82) is 0 Å². The van der Waals surface area contributed by atoms with E-state index in [9.17, 15) is 19.5 Å². The third-order valence-electron chi connectivity index (χ3n) is 6.56. The molecule has 3 aliphatic heterocycles. The number of nitrogens with one attached hydrogen (secondary N) is 1. The molecule has 0 aromatic heterocycles. The van der Waals surface area contributed by atoms with Gasteiger partial charge >= 0.3 is 0 Å². The number of fused-ring (bicyclic) bond motifs is 4. The van der Waals surface area contributed by atoms with E-state index in [-0.39, 0.29) is 11.8 Å². The molecule has 7 nitrogen and oxygen atoms in total. The molecule has 2 aromatic carbocycles. The van der Waals surface area contributed by atoms with Crippen molar-refractivity contribution < 1.29 is 24.8 Å². The number of benzene rings is 2. The van der Waals surface area contributed by atoms with Gasteiger partial charge < -0.3 is 15.7 Å². The van der Waals surface area contributed by atoms with Gasteiger partial charge in [0.15, 0.2) is 0 Å². The minimum absolute atomic E-state index is 0.316. The Hall–Kier alpha value is -3.03. The number of aryl methyl sites for hydroxylation is 1. The van der Waals surface area contributed by atoms with E-state index in [1.54, 1.807) is 30.4 Å². The lowest BCUT2D eigenvalue weighted by molar-refractivity contribution is -0.738. The molecular weight excluding hydrogens is 370 g/mol. The fraction of sp³-hybridized carbons (Fsp3) is 0.318. The quantitative estimate of drug-likeness (QED) is 0.639. The van der Waals surface area contributed by atoms with Crippen molar-refractivity contribution in [2.75, 3.05) is 10.2 Å². The smallest absolute Gasteiger partial charge is 0.291 e. The Morgan fingerprint density at radius 2 is 1.76 bits per heavy atom. The number of rotatable bonds is 2. The predicted octanol–water partition coefficient (Wildman–Crippen LogP) is 0.275. The van der Waals surface area contributed by atoms with Gasteiger partial charge in [0.05, 0.1) is 11.4 Å². The summed E-state index contributed by atoms with van der Waals surface area (Å²) in [5.74, 6) is -2.72. The summed E-state index contributed by atoms with van der Waals surface area (Å²) in [5, 5.41) is 15.0. The van der Waals surface area contributed by atoms with Gasteiger partial charge in [-0.2, -0.15) is 0 Å². The molecular formula is C22H22N3O4+. The molecule has 0 aliphatic carbocycles. The number of aliphatic hydroxyl groups excluding tert-OH is 1. The third kappa shape index (κ3) is 2.22. The van der Waals surface area contributed by atoms with Crippen LogP contribution in [0.25, 0.3) is 0 Å². The first-order valence-corrected chi connectivity index (χ1v) is 9.76. The topological polar surface area (TPSA) is 103 Å². The van der Waals surface area contributed by atoms with E-state index in [0.29, 0.717) is 16.9 Å². The number of imide groups is 1. The van der Waals surface area contributed by atoms with Crippen LogP contribution in [0.4, 0.5) is 11.4 Å². The van der Waals surface area contributed by atoms with E-state index in [2.05, 4.69) is 5.32 Å². The van der Waals surface area contributed by atoms with E-state index >= 15 is 0 Å². The average molecular weight is 392 g/mol. The molecule has 2 saturated heterocycles. The molecule has 0 saturated carbocycles. The molecule has 148 valence electrons. The maximum Gasteiger partial charge on any atom is 0.291 e. The maximum absolute atomic E-state index is 13.6. The number of carbonyl (C=O) groups is 3. The minimum Gasteiger partial charge on any atom is -0.387 e. The Bertz CT molecular complexity index is 1050. The summed E-state index contributed by atoms with van der Waals surface area (Å²) in [6.45, 7) is 3.53. The van der Waals surface area contributed by atoms with Crippen LogP contribution >= 0.6 is 0 Å². The predicted molar refractivity (Wildman–Crippen MR) is 105 cm³/mol. The van der Waals surface area contributed by atoms with Crippen molar-refractivity contribution >= 4 is 29.1 Å². The molecule has 29 heavy (non-hydrogen) atoms. The van der Waals surface area contributed by atoms with Crippen LogP contribution in [0.15, 0.2) is 48.5 Å². The van der Waals surface area contributed by atoms with Gasteiger partial charge in [-0.05, 0) is 32.0 Å². The first-order valence-electron chi connectivity index (χ1n) is 9.76. The minimum atomic E-state index is -1.25. The molecule has 0 unspecified atom stereocenters. The fourth-order valence-electron chi connectivity index (χ4n) is 5.23. The molecule has 0 radical (unpaired) electrons. The Balaban J connectivity index is 1.68. The van der Waals surface area contributed by atoms with Crippen molar-refractivity contribution in [3.8, 4) is 0 Å². The fourth-order valence-corrected chi connectivity index (χ4v) is 5.23. The highest BCUT2D eigenvalue weighted by Gasteiger charge is 2.75. The number of hydrogen-bond donors (Lipinski definition) is 3. The molecule has 7 heteroatoms. The molecule has 2 aromatic rings. The average Bonchev–Trinajstić information content (AvgIpc) is 3.28. The lowest BCUT2D eigenvalue weighted by Gasteiger charge is -2.27. The molecule has 5 atom stereocenters. The number of amides is 3. The summed E-state index contributed by atoms with van der Waals surface area (Å²) < 4.78 is 0. The zero-order chi connectivity index (χ0) is 20.5. The van der Waals surface area contributed by atoms with Gasteiger partial charge in [0.25, 0.3) is 5.91 Å². The van der Waals surface area contributed by atoms with Crippen LogP contribution in [0.2, 0.25) is 0 Å². The van der Waals surface area contributed by atoms with Gasteiger partial charge in [0.1, 0.15) is 24.0 Å². The van der Waals surface area contributed by atoms with E-state index in [1.807, 2.05) is 37.3 Å². The first kappa shape index (κ1) is 18.0. The molecule has 3 heterocycles. The second-order valence-corrected chi connectivity index (χ2v) is 8.20. The van der Waals surface area contributed by atoms with Crippen molar-refractivity contribution in [2.24, 2.45) is 11.8 Å². The number of aliphatic hydroxyl groups is 1. The summed E-state index contributed by atoms with van der Waals surface area (Å²) in [6, 6.07) is 13.8. The number of para-hydroxylation sites is 1. The Morgan fingerprint density at radius 1 is 1.07 bits per heavy atom. The zero-order valence-electron chi connectivity index (χ0n) is 16.1. The summed E-state index contributed by atoms with van der Waals surface area (Å²) in [4.78, 5) is 41.4. The van der Waals surface area contributed by atoms with Gasteiger partial charge in [-0.3, -0.25) is 14.4 Å². The lowest BCUT2D eigenvalue weighted by atomic mass is 9.76. The van der Waals surface area contributed by atoms with E-state index in [0.717, 1.165) is 5.56 Å². The van der Waals surface area contributed by atoms with Crippen LogP contribution in [0.3, 0.4) is 0 Å². The van der Waals surface area contributed by atoms with E-state index in [4.69, 9.17) is 0 Å². The highest BCUT2D eigenvalue weighted by atomic mass is 16.3. The molecule has 3 aliphatic rings. The molecule has 1 spiro atoms. The van der Waals surface area contributed by atoms with Crippen LogP contribution in [0.5, 0.6) is 0 Å². The summed E-state index contributed by atoms with van der Waals surface area (Å²) in [5.41, 5.74) is 1.59. The van der Waals surface area contributed by atoms with Gasteiger partial charge in [0.2, 0.25) is 17.4 Å². The standard InChI is InChI=1S/C22H21N3O4/c1-11-7-9-13(10-8-11)25-19(27)16-17(20(25)28)22(24-18(16)12(2)26)14-5-3-4-6-15(14)23-21(22)29/h3-10,12,16-18,24,26H,1-2H3,(H,23,29)/p+1/t12-,16+,17+,18-,22+/m1/s1. The van der Waals surface area contributed by atoms with E-state index in [1.165, 1.54) is 4.90 Å². The number of nitrogens with two attached hydrogens (primary N) is 1. The summed E-state index contributed by atoms with van der Waals surface area (Å²) in [7, 11) is 0. The Morgan fingerprint density at radius 3 is 2.45 bits per heavy atom. The Labute approximate surface area is 167 Å². The largest absolute Gasteiger partial charge is 0.387 e. The number of nitrogens with zero attached hydrogens (tertiary/aromatic N) is 1. The summed E-state index contributed by atoms with van der Waals surface area (Å²) in [6.07, 6.45) is -0.864. The normalized spacial score (nSPS) is 31.2. The van der Waals surface area contributed by atoms with Crippen molar-refractivity contribution in [3.63, 3.8) is 0 Å². The van der Waals surface area contributed by atoms with Gasteiger partial charge in [-0.15, -0.1) is 0 Å². The van der Waals surface area contributed by atoms with E-state index < -0.39 is 35.4 Å². The zero-order valence-corrected chi connectivity index (χ0v) is 16.1. The second-order valence-electron chi connectivity index (χ2n) is 8.20. The Kier molecular flexibility index (Phi) is 3.72. The molecule has 0 bridgehead atoms. The monoisotopic (exact) mass is 392 g/mol. The van der Waals surface area contributed by atoms with Crippen LogP contribution in [0, 0.1) is 18.8 Å². The number of quaternary nitrogens is 1. The molecule has 3 amide bonds. The van der Waals surface area contributed by atoms with Crippen LogP contribution in [-0.2, 0) is 19.9 Å². The van der Waals surface area contributed by atoms with Crippen LogP contribution < -0.4 is 15.5 Å². The highest BCUT2D eigenvalue weighted by molar-refractivity contribution is 6.25. The van der Waals surface area contributed by atoms with Gasteiger partial charge in [-0.1, -0.05) is 35.9 Å². The van der Waals surface area contributed by atoms with Gasteiger partial charge in [0, 0.05) is 5.56 Å². The second kappa shape index (κ2) is 5.98. The lowest BCUT2D eigenvalue weighted by Crippen LogP contribution is -3.00. The summed E-state index contributed by atoms with van der Waals surface area (Å²) >= 11 is 0. The highest BCUT2D eigenvalue weighted by Crippen LogP contribution is 2.50. The van der Waals surface area contributed by atoms with Crippen molar-refractivity contribution in [3.05, 3.63) is 59.7 Å². The van der Waals surface area contributed by atoms with Crippen molar-refractivity contribution in [2.45, 2.75) is 31.5 Å². The molecule has 5 rings (SSSR count). The number of hydrogen-bond acceptors (Lipinski definition) is 4.